The molecule has 2 N–H and O–H groups in total. The van der Waals surface area contributed by atoms with E-state index in [0.717, 1.165) is 43.4 Å². The predicted molar refractivity (Wildman–Crippen MR) is 122 cm³/mol. The first-order valence-electron chi connectivity index (χ1n) is 10.4. The fraction of sp³-hybridized carbons (Fsp3) is 0.550. The zero-order chi connectivity index (χ0) is 20.8. The van der Waals surface area contributed by atoms with Crippen LogP contribution in [0.3, 0.4) is 0 Å². The number of aromatic nitrogens is 4. The summed E-state index contributed by atoms with van der Waals surface area (Å²) in [6.45, 7) is 5.78. The second-order valence-electron chi connectivity index (χ2n) is 7.68. The van der Waals surface area contributed by atoms with Gasteiger partial charge in [0.15, 0.2) is 10.3 Å². The average molecular weight is 446 g/mol. The van der Waals surface area contributed by atoms with Crippen molar-refractivity contribution in [2.75, 3.05) is 36.5 Å². The molecule has 0 unspecified atom stereocenters. The Morgan fingerprint density at radius 2 is 2.13 bits per heavy atom. The second kappa shape index (κ2) is 10.3. The maximum atomic E-state index is 5.64. The van der Waals surface area contributed by atoms with Gasteiger partial charge in [-0.2, -0.15) is 4.98 Å². The van der Waals surface area contributed by atoms with Gasteiger partial charge in [0.05, 0.1) is 6.10 Å². The van der Waals surface area contributed by atoms with Gasteiger partial charge in [0.1, 0.15) is 10.8 Å². The van der Waals surface area contributed by atoms with Gasteiger partial charge >= 0.3 is 0 Å². The van der Waals surface area contributed by atoms with Crippen molar-refractivity contribution < 1.29 is 4.74 Å². The fourth-order valence-electron chi connectivity index (χ4n) is 3.67. The Hall–Kier alpha value is -2.04. The van der Waals surface area contributed by atoms with Gasteiger partial charge in [-0.25, -0.2) is 15.0 Å². The number of nitrogens with zero attached hydrogens (tertiary/aromatic N) is 5. The molecule has 0 aromatic carbocycles. The summed E-state index contributed by atoms with van der Waals surface area (Å²) in [5.41, 5.74) is 0. The van der Waals surface area contributed by atoms with E-state index in [1.807, 2.05) is 6.07 Å². The molecule has 2 saturated heterocycles. The molecular formula is C20H27N7OS2. The van der Waals surface area contributed by atoms with Crippen LogP contribution in [0.5, 0.6) is 0 Å². The minimum Gasteiger partial charge on any atom is -0.376 e. The van der Waals surface area contributed by atoms with Gasteiger partial charge in [-0.15, -0.1) is 0 Å². The number of ether oxygens (including phenoxy) is 1. The van der Waals surface area contributed by atoms with Crippen molar-refractivity contribution in [2.24, 2.45) is 5.92 Å². The number of anilines is 2. The number of nitrogens with one attached hydrogen (secondary N) is 2. The largest absolute Gasteiger partial charge is 0.376 e. The van der Waals surface area contributed by atoms with Crippen LogP contribution < -0.4 is 15.5 Å². The molecular weight excluding hydrogens is 418 g/mol. The monoisotopic (exact) mass is 445 g/mol. The van der Waals surface area contributed by atoms with Crippen LogP contribution in [0.1, 0.15) is 32.6 Å². The number of hydrogen-bond acceptors (Lipinski definition) is 8. The summed E-state index contributed by atoms with van der Waals surface area (Å²) in [6.07, 6.45) is 8.26. The molecule has 0 radical (unpaired) electrons. The van der Waals surface area contributed by atoms with Gasteiger partial charge < -0.3 is 20.3 Å². The van der Waals surface area contributed by atoms with E-state index in [-0.39, 0.29) is 6.10 Å². The highest BCUT2D eigenvalue weighted by molar-refractivity contribution is 7.99. The summed E-state index contributed by atoms with van der Waals surface area (Å²) in [5.74, 6) is 2.03. The van der Waals surface area contributed by atoms with Crippen molar-refractivity contribution in [3.63, 3.8) is 0 Å². The van der Waals surface area contributed by atoms with Gasteiger partial charge in [0.2, 0.25) is 5.95 Å². The summed E-state index contributed by atoms with van der Waals surface area (Å²) in [5, 5.41) is 8.30. The zero-order valence-corrected chi connectivity index (χ0v) is 18.7. The number of hydrogen-bond donors (Lipinski definition) is 2. The molecule has 0 spiro atoms. The molecule has 8 nitrogen and oxygen atoms in total. The van der Waals surface area contributed by atoms with Crippen LogP contribution in [0.25, 0.3) is 0 Å². The number of rotatable bonds is 6. The zero-order valence-electron chi connectivity index (χ0n) is 17.1. The van der Waals surface area contributed by atoms with Crippen molar-refractivity contribution in [2.45, 2.75) is 48.9 Å². The Balaban J connectivity index is 1.49. The van der Waals surface area contributed by atoms with E-state index in [9.17, 15) is 0 Å². The molecule has 2 aliphatic heterocycles. The summed E-state index contributed by atoms with van der Waals surface area (Å²) in [4.78, 5) is 20.3. The Morgan fingerprint density at radius 3 is 2.90 bits per heavy atom. The molecule has 2 aromatic heterocycles. The highest BCUT2D eigenvalue weighted by Crippen LogP contribution is 2.29. The first-order valence-corrected chi connectivity index (χ1v) is 11.6. The topological polar surface area (TPSA) is 88.1 Å². The highest BCUT2D eigenvalue weighted by atomic mass is 32.2. The van der Waals surface area contributed by atoms with Gasteiger partial charge in [-0.1, -0.05) is 6.92 Å². The van der Waals surface area contributed by atoms with E-state index in [1.54, 1.807) is 18.5 Å². The lowest BCUT2D eigenvalue weighted by Crippen LogP contribution is -2.36. The molecule has 160 valence electrons. The van der Waals surface area contributed by atoms with Gasteiger partial charge in [0.25, 0.3) is 0 Å². The maximum absolute atomic E-state index is 5.64. The molecule has 2 aromatic rings. The van der Waals surface area contributed by atoms with Crippen LogP contribution in [0.15, 0.2) is 34.7 Å². The lowest BCUT2D eigenvalue weighted by molar-refractivity contribution is 0.114. The van der Waals surface area contributed by atoms with E-state index in [2.05, 4.69) is 37.4 Å². The summed E-state index contributed by atoms with van der Waals surface area (Å²) < 4.78 is 5.64. The van der Waals surface area contributed by atoms with Crippen molar-refractivity contribution >= 4 is 40.9 Å². The minimum absolute atomic E-state index is 0.216. The predicted octanol–water partition coefficient (Wildman–Crippen LogP) is 3.12. The van der Waals surface area contributed by atoms with E-state index >= 15 is 0 Å². The molecule has 4 heterocycles. The number of thiocarbonyl (C=S) groups is 1. The first kappa shape index (κ1) is 21.2. The average Bonchev–Trinajstić information content (AvgIpc) is 3.27. The Labute approximate surface area is 186 Å². The van der Waals surface area contributed by atoms with Crippen molar-refractivity contribution in [1.29, 1.82) is 0 Å². The first-order chi connectivity index (χ1) is 14.7. The molecule has 2 atom stereocenters. The summed E-state index contributed by atoms with van der Waals surface area (Å²) in [6, 6.07) is 3.81. The van der Waals surface area contributed by atoms with Crippen LogP contribution in [0.2, 0.25) is 0 Å². The molecule has 4 rings (SSSR count). The number of piperidine rings is 1. The molecule has 0 bridgehead atoms. The summed E-state index contributed by atoms with van der Waals surface area (Å²) in [7, 11) is 0. The third-order valence-electron chi connectivity index (χ3n) is 5.15. The normalized spacial score (nSPS) is 21.4. The Kier molecular flexibility index (Phi) is 7.29. The minimum atomic E-state index is 0.216. The molecule has 30 heavy (non-hydrogen) atoms. The lowest BCUT2D eigenvalue weighted by Gasteiger charge is -2.32. The molecule has 0 saturated carbocycles. The van der Waals surface area contributed by atoms with Crippen molar-refractivity contribution in [1.82, 2.24) is 25.3 Å². The van der Waals surface area contributed by atoms with E-state index < -0.39 is 0 Å². The van der Waals surface area contributed by atoms with Gasteiger partial charge in [0, 0.05) is 44.7 Å². The molecule has 10 heteroatoms. The second-order valence-corrected chi connectivity index (χ2v) is 9.08. The van der Waals surface area contributed by atoms with Crippen molar-refractivity contribution in [3.8, 4) is 0 Å². The quantitative estimate of drug-likeness (QED) is 0.393. The van der Waals surface area contributed by atoms with Crippen LogP contribution in [-0.2, 0) is 4.74 Å². The van der Waals surface area contributed by atoms with E-state index in [1.165, 1.54) is 24.6 Å². The molecule has 0 aliphatic carbocycles. The lowest BCUT2D eigenvalue weighted by atomic mass is 10.0. The van der Waals surface area contributed by atoms with E-state index in [0.29, 0.717) is 28.7 Å². The smallest absolute Gasteiger partial charge is 0.232 e. The summed E-state index contributed by atoms with van der Waals surface area (Å²) >= 11 is 6.88. The Morgan fingerprint density at radius 1 is 1.27 bits per heavy atom. The standard InChI is InChI=1S/C20H27N7OS2/c1-14-5-2-9-27(13-14)16-11-17(30-20-21-7-4-8-22-20)25-18(24-16)26-19(29)23-12-15-6-3-10-28-15/h4,7-8,11,14-15H,2-3,5-6,9-10,12-13H2,1H3,(H2,23,24,25,26,29)/t14-,15-/m1/s1. The van der Waals surface area contributed by atoms with Crippen LogP contribution >= 0.6 is 24.0 Å². The third-order valence-corrected chi connectivity index (χ3v) is 6.21. The SMILES string of the molecule is C[C@@H]1CCCN(c2cc(Sc3ncccn3)nc(NC(=S)NC[C@H]3CCCO3)n2)C1. The van der Waals surface area contributed by atoms with Gasteiger partial charge in [-0.3, -0.25) is 0 Å². The van der Waals surface area contributed by atoms with Crippen LogP contribution in [0, 0.1) is 5.92 Å². The third kappa shape index (κ3) is 5.99. The van der Waals surface area contributed by atoms with Gasteiger partial charge in [-0.05, 0) is 61.6 Å². The fourth-order valence-corrected chi connectivity index (χ4v) is 4.56. The highest BCUT2D eigenvalue weighted by Gasteiger charge is 2.20. The van der Waals surface area contributed by atoms with E-state index in [4.69, 9.17) is 21.9 Å². The molecule has 2 aliphatic rings. The van der Waals surface area contributed by atoms with Crippen LogP contribution in [0.4, 0.5) is 11.8 Å². The van der Waals surface area contributed by atoms with Crippen molar-refractivity contribution in [3.05, 3.63) is 24.5 Å². The maximum Gasteiger partial charge on any atom is 0.232 e. The molecule has 2 fully saturated rings. The van der Waals surface area contributed by atoms with Crippen LogP contribution in [-0.4, -0.2) is 57.4 Å². The molecule has 0 amide bonds. The Bertz CT molecular complexity index is 848.